The fourth-order valence-corrected chi connectivity index (χ4v) is 5.62. The highest BCUT2D eigenvalue weighted by atomic mass is 16.6. The average molecular weight is 765 g/mol. The van der Waals surface area contributed by atoms with Crippen molar-refractivity contribution in [2.24, 2.45) is 0 Å². The average Bonchev–Trinajstić information content (AvgIpc) is 3.18. The van der Waals surface area contributed by atoms with E-state index < -0.39 is 6.10 Å². The molecule has 1 atom stereocenters. The number of ether oxygens (including phenoxy) is 3. The number of carbonyl (C=O) groups excluding carboxylic acids is 3. The zero-order valence-electron chi connectivity index (χ0n) is 35.4. The predicted octanol–water partition coefficient (Wildman–Crippen LogP) is 14.1. The largest absolute Gasteiger partial charge is 0.462 e. The van der Waals surface area contributed by atoms with E-state index in [1.807, 2.05) is 0 Å². The van der Waals surface area contributed by atoms with Crippen molar-refractivity contribution in [2.75, 3.05) is 13.2 Å². The van der Waals surface area contributed by atoms with Gasteiger partial charge in [-0.15, -0.1) is 0 Å². The molecule has 6 nitrogen and oxygen atoms in total. The van der Waals surface area contributed by atoms with Gasteiger partial charge in [-0.3, -0.25) is 14.4 Å². The Kier molecular flexibility index (Phi) is 40.6. The molecule has 0 N–H and O–H groups in total. The third kappa shape index (κ3) is 41.6. The van der Waals surface area contributed by atoms with Crippen LogP contribution in [0, 0.1) is 0 Å². The molecule has 0 aromatic carbocycles. The van der Waals surface area contributed by atoms with Gasteiger partial charge in [0.1, 0.15) is 13.2 Å². The Bertz CT molecular complexity index is 1110. The van der Waals surface area contributed by atoms with Crippen molar-refractivity contribution in [1.29, 1.82) is 0 Å². The summed E-state index contributed by atoms with van der Waals surface area (Å²) in [6.45, 7) is 6.30. The summed E-state index contributed by atoms with van der Waals surface area (Å²) in [7, 11) is 0. The van der Waals surface area contributed by atoms with E-state index in [1.54, 1.807) is 0 Å². The molecular weight excluding hydrogens is 685 g/mol. The van der Waals surface area contributed by atoms with E-state index in [1.165, 1.54) is 38.5 Å². The molecule has 0 aliphatic heterocycles. The van der Waals surface area contributed by atoms with Crippen LogP contribution in [0.4, 0.5) is 0 Å². The maximum absolute atomic E-state index is 12.7. The van der Waals surface area contributed by atoms with Gasteiger partial charge in [-0.05, 0) is 89.9 Å². The highest BCUT2D eigenvalue weighted by Crippen LogP contribution is 2.12. The standard InChI is InChI=1S/C49H80O6/c1-4-7-10-13-16-19-21-23-24-26-27-30-33-36-39-42-48(51)54-45-46(44-53-47(50)41-38-35-32-29-18-15-12-9-6-3)55-49(52)43-40-37-34-31-28-25-22-20-17-14-11-8-5-2/h7-8,10-11,16-17,19-20,23-25,27-28,30,46H,4-6,9,12-15,18,21-22,26,29,31-45H2,1-3H3/b10-7-,11-8-,19-16-,20-17-,24-23-,28-25-,30-27-. The third-order valence-electron chi connectivity index (χ3n) is 8.90. The molecule has 0 rings (SSSR count). The summed E-state index contributed by atoms with van der Waals surface area (Å²) >= 11 is 0. The fourth-order valence-electron chi connectivity index (χ4n) is 5.62. The van der Waals surface area contributed by atoms with Crippen molar-refractivity contribution in [1.82, 2.24) is 0 Å². The van der Waals surface area contributed by atoms with Crippen LogP contribution in [0.15, 0.2) is 85.1 Å². The second kappa shape index (κ2) is 43.3. The normalized spacial score (nSPS) is 12.9. The first kappa shape index (κ1) is 51.6. The Balaban J connectivity index is 4.50. The van der Waals surface area contributed by atoms with Gasteiger partial charge in [0.05, 0.1) is 0 Å². The molecule has 312 valence electrons. The lowest BCUT2D eigenvalue weighted by Gasteiger charge is -2.18. The van der Waals surface area contributed by atoms with Crippen LogP contribution in [0.25, 0.3) is 0 Å². The van der Waals surface area contributed by atoms with E-state index in [0.717, 1.165) is 109 Å². The molecule has 0 aromatic rings. The molecule has 0 radical (unpaired) electrons. The molecule has 0 fully saturated rings. The second-order valence-corrected chi connectivity index (χ2v) is 14.2. The minimum atomic E-state index is -0.804. The lowest BCUT2D eigenvalue weighted by molar-refractivity contribution is -0.167. The summed E-state index contributed by atoms with van der Waals surface area (Å²) in [5, 5.41) is 0. The molecule has 0 spiro atoms. The molecule has 0 saturated heterocycles. The van der Waals surface area contributed by atoms with Crippen molar-refractivity contribution in [2.45, 2.75) is 194 Å². The third-order valence-corrected chi connectivity index (χ3v) is 8.90. The summed E-state index contributed by atoms with van der Waals surface area (Å²) in [5.74, 6) is -0.987. The van der Waals surface area contributed by atoms with Crippen LogP contribution in [0.2, 0.25) is 0 Å². The van der Waals surface area contributed by atoms with Crippen LogP contribution in [-0.2, 0) is 28.6 Å². The zero-order chi connectivity index (χ0) is 40.1. The number of unbranched alkanes of at least 4 members (excludes halogenated alkanes) is 13. The first-order valence-corrected chi connectivity index (χ1v) is 22.1. The molecule has 6 heteroatoms. The Morgan fingerprint density at radius 2 is 0.709 bits per heavy atom. The number of carbonyl (C=O) groups is 3. The van der Waals surface area contributed by atoms with Gasteiger partial charge in [0.25, 0.3) is 0 Å². The van der Waals surface area contributed by atoms with Crippen molar-refractivity contribution < 1.29 is 28.6 Å². The van der Waals surface area contributed by atoms with Crippen molar-refractivity contribution >= 4 is 17.9 Å². The van der Waals surface area contributed by atoms with E-state index in [0.29, 0.717) is 12.8 Å². The maximum atomic E-state index is 12.7. The quantitative estimate of drug-likeness (QED) is 0.0270. The Labute approximate surface area is 337 Å². The highest BCUT2D eigenvalue weighted by molar-refractivity contribution is 5.71. The van der Waals surface area contributed by atoms with Crippen LogP contribution in [0.1, 0.15) is 188 Å². The fraction of sp³-hybridized carbons (Fsp3) is 0.653. The molecule has 1 unspecified atom stereocenters. The van der Waals surface area contributed by atoms with Crippen molar-refractivity contribution in [3.63, 3.8) is 0 Å². The van der Waals surface area contributed by atoms with Gasteiger partial charge in [-0.2, -0.15) is 0 Å². The van der Waals surface area contributed by atoms with Gasteiger partial charge in [0.15, 0.2) is 6.10 Å². The maximum Gasteiger partial charge on any atom is 0.306 e. The number of allylic oxidation sites excluding steroid dienone is 14. The van der Waals surface area contributed by atoms with Gasteiger partial charge in [-0.1, -0.05) is 164 Å². The molecule has 0 amide bonds. The lowest BCUT2D eigenvalue weighted by atomic mass is 10.1. The van der Waals surface area contributed by atoms with Gasteiger partial charge < -0.3 is 14.2 Å². The van der Waals surface area contributed by atoms with Gasteiger partial charge in [0.2, 0.25) is 0 Å². The van der Waals surface area contributed by atoms with E-state index in [-0.39, 0.29) is 37.5 Å². The van der Waals surface area contributed by atoms with E-state index in [2.05, 4.69) is 106 Å². The van der Waals surface area contributed by atoms with Crippen LogP contribution in [0.5, 0.6) is 0 Å². The van der Waals surface area contributed by atoms with Crippen LogP contribution in [-0.4, -0.2) is 37.2 Å². The molecular formula is C49H80O6. The Morgan fingerprint density at radius 1 is 0.382 bits per heavy atom. The van der Waals surface area contributed by atoms with Crippen LogP contribution in [0.3, 0.4) is 0 Å². The number of rotatable bonds is 38. The molecule has 0 bridgehead atoms. The number of esters is 3. The Morgan fingerprint density at radius 3 is 1.15 bits per heavy atom. The predicted molar refractivity (Wildman–Crippen MR) is 233 cm³/mol. The van der Waals surface area contributed by atoms with E-state index in [9.17, 15) is 14.4 Å². The van der Waals surface area contributed by atoms with Gasteiger partial charge >= 0.3 is 17.9 Å². The van der Waals surface area contributed by atoms with Crippen molar-refractivity contribution in [3.05, 3.63) is 85.1 Å². The van der Waals surface area contributed by atoms with Gasteiger partial charge in [-0.25, -0.2) is 0 Å². The summed E-state index contributed by atoms with van der Waals surface area (Å²) < 4.78 is 16.6. The summed E-state index contributed by atoms with van der Waals surface area (Å²) in [6, 6.07) is 0. The monoisotopic (exact) mass is 765 g/mol. The minimum Gasteiger partial charge on any atom is -0.462 e. The van der Waals surface area contributed by atoms with Crippen molar-refractivity contribution in [3.8, 4) is 0 Å². The first-order chi connectivity index (χ1) is 27.0. The number of hydrogen-bond acceptors (Lipinski definition) is 6. The molecule has 55 heavy (non-hydrogen) atoms. The minimum absolute atomic E-state index is 0.102. The summed E-state index contributed by atoms with van der Waals surface area (Å²) in [6.07, 6.45) is 54.3. The SMILES string of the molecule is CC/C=C\C/C=C\C/C=C\C/C=C\CCCCC(=O)OCC(COC(=O)CCCCCCCCCCC)OC(=O)CCCCC/C=C\C/C=C\C/C=C\CC. The summed E-state index contributed by atoms with van der Waals surface area (Å²) in [4.78, 5) is 37.6. The first-order valence-electron chi connectivity index (χ1n) is 22.1. The smallest absolute Gasteiger partial charge is 0.306 e. The summed E-state index contributed by atoms with van der Waals surface area (Å²) in [5.41, 5.74) is 0. The molecule has 0 heterocycles. The van der Waals surface area contributed by atoms with Crippen LogP contribution < -0.4 is 0 Å². The molecule has 0 aliphatic carbocycles. The van der Waals surface area contributed by atoms with E-state index in [4.69, 9.17) is 14.2 Å². The highest BCUT2D eigenvalue weighted by Gasteiger charge is 2.19. The molecule has 0 aliphatic rings. The van der Waals surface area contributed by atoms with Crippen LogP contribution >= 0.6 is 0 Å². The molecule has 0 saturated carbocycles. The Hall–Kier alpha value is -3.41. The van der Waals surface area contributed by atoms with Gasteiger partial charge in [0, 0.05) is 19.3 Å². The zero-order valence-corrected chi connectivity index (χ0v) is 35.4. The van der Waals surface area contributed by atoms with E-state index >= 15 is 0 Å². The lowest BCUT2D eigenvalue weighted by Crippen LogP contribution is -2.30. The molecule has 0 aromatic heterocycles. The topological polar surface area (TPSA) is 78.9 Å². The number of hydrogen-bond donors (Lipinski definition) is 0. The second-order valence-electron chi connectivity index (χ2n) is 14.2.